The molecule has 0 aliphatic heterocycles. The van der Waals surface area contributed by atoms with Gasteiger partial charge in [0.1, 0.15) is 8.07 Å². The van der Waals surface area contributed by atoms with Crippen LogP contribution in [-0.4, -0.2) is 30.1 Å². The van der Waals surface area contributed by atoms with Gasteiger partial charge in [0.15, 0.2) is 5.78 Å². The second kappa shape index (κ2) is 18.7. The SMILES string of the molecule is CCC(CC)C(=O)/C=C(\O)C(CC)CC.Cc1cc(-c2nccc3c(C)c([Si](C)(C)c4ccc(CC(C)(C)C(F)(F)F)cc4)sc23)[c-]c2ccccc12.[Ir]. The summed E-state index contributed by atoms with van der Waals surface area (Å²) in [5.74, 6) is 0.547. The number of alkyl halides is 3. The third-order valence-electron chi connectivity index (χ3n) is 10.8. The van der Waals surface area contributed by atoms with Crippen molar-refractivity contribution < 1.29 is 43.2 Å². The number of aryl methyl sites for hydroxylation is 2. The summed E-state index contributed by atoms with van der Waals surface area (Å²) < 4.78 is 42.8. The largest absolute Gasteiger partial charge is 0.512 e. The summed E-state index contributed by atoms with van der Waals surface area (Å²) in [5.41, 5.74) is 3.37. The van der Waals surface area contributed by atoms with Crippen molar-refractivity contribution in [3.63, 3.8) is 0 Å². The number of carbonyl (C=O) groups is 1. The number of aliphatic hydroxyl groups excluding tert-OH is 1. The van der Waals surface area contributed by atoms with Crippen molar-refractivity contribution in [2.75, 3.05) is 0 Å². The molecule has 0 saturated heterocycles. The zero-order chi connectivity index (χ0) is 39.3. The average Bonchev–Trinajstić information content (AvgIpc) is 3.46. The van der Waals surface area contributed by atoms with Crippen LogP contribution in [0.15, 0.2) is 78.7 Å². The Balaban J connectivity index is 0.000000418. The Bertz CT molecular complexity index is 2060. The van der Waals surface area contributed by atoms with Gasteiger partial charge in [-0.2, -0.15) is 24.5 Å². The van der Waals surface area contributed by atoms with E-state index in [1.165, 1.54) is 51.5 Å². The molecule has 0 unspecified atom stereocenters. The number of hydrogen-bond acceptors (Lipinski definition) is 4. The van der Waals surface area contributed by atoms with E-state index in [9.17, 15) is 23.1 Å². The fourth-order valence-corrected chi connectivity index (χ4v) is 12.1. The van der Waals surface area contributed by atoms with Crippen LogP contribution in [0, 0.1) is 37.2 Å². The number of fused-ring (bicyclic) bond motifs is 2. The standard InChI is InChI=1S/C32H31F3NSSi.C13H24O2.Ir/c1-20-17-24(18-23-9-7-8-10-26(20)23)28-29-27(15-16-36-28)21(2)30(37-29)38(5,6)25-13-11-22(12-14-25)19-31(3,4)32(33,34)35;1-5-10(6-2)12(14)9-13(15)11(7-3)8-4;/h7-17H,19H2,1-6H3;9-11,14H,5-8H2,1-4H3;/q-1;;/b;12-9-;. The molecule has 1 radical (unpaired) electrons. The fourth-order valence-electron chi connectivity index (χ4n) is 7.04. The summed E-state index contributed by atoms with van der Waals surface area (Å²) in [7, 11) is -2.12. The summed E-state index contributed by atoms with van der Waals surface area (Å²) in [6.07, 6.45) is 2.52. The predicted molar refractivity (Wildman–Crippen MR) is 221 cm³/mol. The van der Waals surface area contributed by atoms with Crippen LogP contribution in [-0.2, 0) is 31.3 Å². The van der Waals surface area contributed by atoms with Crippen LogP contribution in [0.3, 0.4) is 0 Å². The van der Waals surface area contributed by atoms with Gasteiger partial charge in [-0.25, -0.2) is 0 Å². The maximum absolute atomic E-state index is 13.4. The molecule has 0 bridgehead atoms. The van der Waals surface area contributed by atoms with Crippen LogP contribution in [0.2, 0.25) is 13.1 Å². The molecule has 0 fully saturated rings. The third kappa shape index (κ3) is 10.0. The number of hydrogen-bond donors (Lipinski definition) is 1. The first kappa shape index (κ1) is 45.3. The number of rotatable bonds is 12. The van der Waals surface area contributed by atoms with Crippen LogP contribution in [0.4, 0.5) is 13.2 Å². The van der Waals surface area contributed by atoms with E-state index in [1.54, 1.807) is 11.3 Å². The van der Waals surface area contributed by atoms with E-state index in [4.69, 9.17) is 4.98 Å². The van der Waals surface area contributed by atoms with Crippen molar-refractivity contribution in [3.8, 4) is 11.3 Å². The van der Waals surface area contributed by atoms with Gasteiger partial charge in [-0.05, 0) is 66.1 Å². The molecule has 54 heavy (non-hydrogen) atoms. The zero-order valence-electron chi connectivity index (χ0n) is 33.3. The second-order valence-corrected chi connectivity index (χ2v) is 21.1. The number of pyridine rings is 1. The molecule has 3 aromatic carbocycles. The number of nitrogens with zero attached hydrogens (tertiary/aromatic N) is 1. The van der Waals surface area contributed by atoms with Gasteiger partial charge in [-0.15, -0.1) is 29.1 Å². The van der Waals surface area contributed by atoms with E-state index in [-0.39, 0.29) is 49.9 Å². The quantitative estimate of drug-likeness (QED) is 0.0587. The second-order valence-electron chi connectivity index (χ2n) is 15.4. The Morgan fingerprint density at radius 2 is 1.50 bits per heavy atom. The summed E-state index contributed by atoms with van der Waals surface area (Å²) >= 11 is 1.81. The molecule has 9 heteroatoms. The maximum Gasteiger partial charge on any atom is 0.394 e. The first-order valence-corrected chi connectivity index (χ1v) is 22.6. The van der Waals surface area contributed by atoms with Crippen molar-refractivity contribution in [3.05, 3.63) is 101 Å². The van der Waals surface area contributed by atoms with Gasteiger partial charge in [0.2, 0.25) is 0 Å². The van der Waals surface area contributed by atoms with Gasteiger partial charge >= 0.3 is 6.18 Å². The van der Waals surface area contributed by atoms with E-state index in [2.05, 4.69) is 57.3 Å². The monoisotopic (exact) mass is 951 g/mol. The first-order chi connectivity index (χ1) is 24.9. The molecule has 2 heterocycles. The number of ketones is 1. The van der Waals surface area contributed by atoms with Crippen LogP contribution >= 0.6 is 11.3 Å². The molecular formula is C45H55F3IrNO2SSi-. The van der Waals surface area contributed by atoms with Crippen LogP contribution in [0.5, 0.6) is 0 Å². The van der Waals surface area contributed by atoms with Gasteiger partial charge in [0, 0.05) is 54.6 Å². The van der Waals surface area contributed by atoms with Gasteiger partial charge in [-0.3, -0.25) is 9.78 Å². The molecule has 2 aromatic heterocycles. The Kier molecular flexibility index (Phi) is 15.7. The molecule has 0 aliphatic rings. The molecule has 5 aromatic rings. The Morgan fingerprint density at radius 3 is 2.07 bits per heavy atom. The minimum Gasteiger partial charge on any atom is -0.512 e. The van der Waals surface area contributed by atoms with E-state index < -0.39 is 19.7 Å². The van der Waals surface area contributed by atoms with Crippen molar-refractivity contribution in [1.29, 1.82) is 0 Å². The number of carbonyl (C=O) groups excluding carboxylic acids is 1. The number of aromatic nitrogens is 1. The molecule has 1 N–H and O–H groups in total. The molecule has 3 nitrogen and oxygen atoms in total. The smallest absolute Gasteiger partial charge is 0.394 e. The number of aliphatic hydroxyl groups is 1. The van der Waals surface area contributed by atoms with E-state index in [0.717, 1.165) is 47.0 Å². The van der Waals surface area contributed by atoms with Gasteiger partial charge < -0.3 is 5.11 Å². The van der Waals surface area contributed by atoms with E-state index in [0.29, 0.717) is 5.56 Å². The van der Waals surface area contributed by atoms with Crippen molar-refractivity contribution >= 4 is 55.7 Å². The molecular weight excluding hydrogens is 896 g/mol. The van der Waals surface area contributed by atoms with Crippen LogP contribution < -0.4 is 9.69 Å². The summed E-state index contributed by atoms with van der Waals surface area (Å²) in [4.78, 5) is 16.5. The molecule has 0 saturated carbocycles. The normalized spacial score (nSPS) is 12.6. The minimum atomic E-state index is -4.24. The summed E-state index contributed by atoms with van der Waals surface area (Å²) in [6.45, 7) is 19.5. The molecule has 293 valence electrons. The topological polar surface area (TPSA) is 50.2 Å². The average molecular weight is 951 g/mol. The fraction of sp³-hybridized carbons (Fsp3) is 0.422. The Hall–Kier alpha value is -3.10. The van der Waals surface area contributed by atoms with Gasteiger partial charge in [-0.1, -0.05) is 120 Å². The zero-order valence-corrected chi connectivity index (χ0v) is 37.5. The summed E-state index contributed by atoms with van der Waals surface area (Å²) in [5, 5.41) is 14.5. The third-order valence-corrected chi connectivity index (χ3v) is 17.1. The molecule has 0 amide bonds. The molecule has 5 rings (SSSR count). The van der Waals surface area contributed by atoms with Crippen molar-refractivity contribution in [1.82, 2.24) is 4.98 Å². The van der Waals surface area contributed by atoms with Gasteiger partial charge in [0.05, 0.1) is 11.2 Å². The van der Waals surface area contributed by atoms with Crippen molar-refractivity contribution in [2.45, 2.75) is 107 Å². The minimum absolute atomic E-state index is 0. The maximum atomic E-state index is 13.4. The number of halogens is 3. The predicted octanol–water partition coefficient (Wildman–Crippen LogP) is 12.4. The van der Waals surface area contributed by atoms with E-state index >= 15 is 0 Å². The first-order valence-electron chi connectivity index (χ1n) is 18.8. The van der Waals surface area contributed by atoms with Gasteiger partial charge in [0.25, 0.3) is 0 Å². The number of thiophene rings is 1. The van der Waals surface area contributed by atoms with E-state index in [1.807, 2.05) is 70.3 Å². The summed E-state index contributed by atoms with van der Waals surface area (Å²) in [6, 6.07) is 24.0. The van der Waals surface area contributed by atoms with Crippen LogP contribution in [0.25, 0.3) is 32.1 Å². The molecule has 0 atom stereocenters. The van der Waals surface area contributed by atoms with Crippen molar-refractivity contribution in [2.24, 2.45) is 17.3 Å². The Morgan fingerprint density at radius 1 is 0.907 bits per heavy atom. The number of allylic oxidation sites excluding steroid dienone is 2. The van der Waals surface area contributed by atoms with Crippen LogP contribution in [0.1, 0.15) is 83.9 Å². The molecule has 0 spiro atoms. The Labute approximate surface area is 338 Å². The number of benzene rings is 3. The molecule has 0 aliphatic carbocycles.